The molecule has 2 nitrogen and oxygen atoms in total. The Balaban J connectivity index is 1.88. The smallest absolute Gasteiger partial charge is 0.312 e. The Hall–Kier alpha value is -2.10. The zero-order valence-corrected chi connectivity index (χ0v) is 16.0. The Morgan fingerprint density at radius 1 is 1.36 bits per heavy atom. The van der Waals surface area contributed by atoms with E-state index in [2.05, 4.69) is 37.7 Å². The summed E-state index contributed by atoms with van der Waals surface area (Å²) < 4.78 is 5.44. The molecular formula is C22H24O2S. The molecule has 0 aromatic heterocycles. The van der Waals surface area contributed by atoms with Gasteiger partial charge in [-0.3, -0.25) is 4.79 Å². The average Bonchev–Trinajstić information content (AvgIpc) is 3.10. The number of hydrogen-bond acceptors (Lipinski definition) is 3. The molecule has 3 heteroatoms. The molecule has 1 saturated carbocycles. The molecule has 0 heterocycles. The van der Waals surface area contributed by atoms with Gasteiger partial charge in [0.05, 0.1) is 11.7 Å². The Labute approximate surface area is 155 Å². The van der Waals surface area contributed by atoms with Crippen LogP contribution in [0.5, 0.6) is 0 Å². The van der Waals surface area contributed by atoms with Crippen LogP contribution in [0.1, 0.15) is 27.7 Å². The van der Waals surface area contributed by atoms with Crippen molar-refractivity contribution >= 4 is 17.7 Å². The second kappa shape index (κ2) is 8.32. The van der Waals surface area contributed by atoms with Crippen LogP contribution >= 0.6 is 11.8 Å². The standard InChI is InChI=1S/C22H24O2S/c1-6-17(11-10-14-25-18-12-8-7-9-13-18)24-21(23)20-19(15-16(2)3)22(20,4)5/h1,7-9,12-13,15,17,19-20H,14H2,2-5H3. The van der Waals surface area contributed by atoms with Gasteiger partial charge < -0.3 is 4.74 Å². The van der Waals surface area contributed by atoms with Crippen molar-refractivity contribution in [3.8, 4) is 24.2 Å². The largest absolute Gasteiger partial charge is 0.437 e. The molecule has 1 aliphatic rings. The number of allylic oxidation sites excluding steroid dienone is 2. The van der Waals surface area contributed by atoms with Gasteiger partial charge in [-0.1, -0.05) is 49.6 Å². The van der Waals surface area contributed by atoms with Gasteiger partial charge in [0.25, 0.3) is 0 Å². The van der Waals surface area contributed by atoms with E-state index < -0.39 is 6.10 Å². The zero-order valence-electron chi connectivity index (χ0n) is 15.2. The third-order valence-electron chi connectivity index (χ3n) is 4.35. The second-order valence-corrected chi connectivity index (χ2v) is 8.02. The highest BCUT2D eigenvalue weighted by Gasteiger charge is 2.61. The van der Waals surface area contributed by atoms with E-state index in [-0.39, 0.29) is 23.2 Å². The molecule has 25 heavy (non-hydrogen) atoms. The van der Waals surface area contributed by atoms with Gasteiger partial charge in [-0.2, -0.15) is 0 Å². The second-order valence-electron chi connectivity index (χ2n) is 6.98. The quantitative estimate of drug-likeness (QED) is 0.336. The summed E-state index contributed by atoms with van der Waals surface area (Å²) in [5.41, 5.74) is 1.13. The third kappa shape index (κ3) is 5.18. The fourth-order valence-corrected chi connectivity index (χ4v) is 3.53. The molecule has 0 bridgehead atoms. The number of terminal acetylenes is 1. The van der Waals surface area contributed by atoms with Crippen LogP contribution in [0.15, 0.2) is 46.9 Å². The minimum absolute atomic E-state index is 0.0793. The molecule has 1 aromatic rings. The molecule has 1 fully saturated rings. The Morgan fingerprint density at radius 2 is 2.04 bits per heavy atom. The van der Waals surface area contributed by atoms with E-state index in [0.29, 0.717) is 5.75 Å². The monoisotopic (exact) mass is 352 g/mol. The van der Waals surface area contributed by atoms with Crippen molar-refractivity contribution in [1.82, 2.24) is 0 Å². The first-order valence-electron chi connectivity index (χ1n) is 8.34. The van der Waals surface area contributed by atoms with E-state index in [1.54, 1.807) is 11.8 Å². The first-order valence-corrected chi connectivity index (χ1v) is 9.32. The summed E-state index contributed by atoms with van der Waals surface area (Å²) in [6.07, 6.45) is 6.82. The van der Waals surface area contributed by atoms with E-state index in [4.69, 9.17) is 11.2 Å². The predicted molar refractivity (Wildman–Crippen MR) is 104 cm³/mol. The molecular weight excluding hydrogens is 328 g/mol. The number of rotatable bonds is 5. The van der Waals surface area contributed by atoms with Crippen molar-refractivity contribution in [2.24, 2.45) is 17.3 Å². The van der Waals surface area contributed by atoms with Gasteiger partial charge in [-0.15, -0.1) is 18.2 Å². The van der Waals surface area contributed by atoms with Crippen molar-refractivity contribution in [2.45, 2.75) is 38.7 Å². The van der Waals surface area contributed by atoms with Gasteiger partial charge in [0.2, 0.25) is 6.10 Å². The highest BCUT2D eigenvalue weighted by atomic mass is 32.2. The summed E-state index contributed by atoms with van der Waals surface area (Å²) >= 11 is 1.63. The lowest BCUT2D eigenvalue weighted by molar-refractivity contribution is -0.147. The third-order valence-corrected chi connectivity index (χ3v) is 5.24. The lowest BCUT2D eigenvalue weighted by atomic mass is 10.1. The minimum atomic E-state index is -0.785. The number of carbonyl (C=O) groups excluding carboxylic acids is 1. The zero-order chi connectivity index (χ0) is 18.4. The highest BCUT2D eigenvalue weighted by molar-refractivity contribution is 7.99. The molecule has 130 valence electrons. The molecule has 0 spiro atoms. The lowest BCUT2D eigenvalue weighted by Gasteiger charge is -2.07. The van der Waals surface area contributed by atoms with Crippen LogP contribution in [0.25, 0.3) is 0 Å². The van der Waals surface area contributed by atoms with Crippen LogP contribution in [-0.4, -0.2) is 17.8 Å². The SMILES string of the molecule is C#CC(C#CCSc1ccccc1)OC(=O)C1C(C=C(C)C)C1(C)C. The molecule has 0 N–H and O–H groups in total. The summed E-state index contributed by atoms with van der Waals surface area (Å²) in [5, 5.41) is 0. The van der Waals surface area contributed by atoms with Gasteiger partial charge in [0, 0.05) is 4.90 Å². The molecule has 1 aromatic carbocycles. The molecule has 0 radical (unpaired) electrons. The van der Waals surface area contributed by atoms with Crippen LogP contribution in [0, 0.1) is 41.4 Å². The minimum Gasteiger partial charge on any atom is -0.437 e. The lowest BCUT2D eigenvalue weighted by Crippen LogP contribution is -2.18. The van der Waals surface area contributed by atoms with E-state index in [1.165, 1.54) is 5.57 Å². The van der Waals surface area contributed by atoms with Gasteiger partial charge in [-0.05, 0) is 49.2 Å². The molecule has 3 atom stereocenters. The van der Waals surface area contributed by atoms with Crippen LogP contribution in [-0.2, 0) is 9.53 Å². The molecule has 0 aliphatic heterocycles. The van der Waals surface area contributed by atoms with E-state index >= 15 is 0 Å². The topological polar surface area (TPSA) is 26.3 Å². The van der Waals surface area contributed by atoms with Crippen molar-refractivity contribution in [1.29, 1.82) is 0 Å². The summed E-state index contributed by atoms with van der Waals surface area (Å²) in [7, 11) is 0. The van der Waals surface area contributed by atoms with Crippen LogP contribution in [0.3, 0.4) is 0 Å². The van der Waals surface area contributed by atoms with Crippen molar-refractivity contribution in [3.05, 3.63) is 42.0 Å². The van der Waals surface area contributed by atoms with Crippen LogP contribution < -0.4 is 0 Å². The first-order chi connectivity index (χ1) is 11.9. The Morgan fingerprint density at radius 3 is 2.64 bits per heavy atom. The van der Waals surface area contributed by atoms with Gasteiger partial charge >= 0.3 is 5.97 Å². The summed E-state index contributed by atoms with van der Waals surface area (Å²) in [6, 6.07) is 10.0. The fourth-order valence-electron chi connectivity index (χ4n) is 2.86. The number of esters is 1. The Bertz CT molecular complexity index is 740. The molecule has 0 amide bonds. The van der Waals surface area contributed by atoms with Crippen molar-refractivity contribution < 1.29 is 9.53 Å². The number of carbonyl (C=O) groups is 1. The maximum Gasteiger partial charge on any atom is 0.312 e. The van der Waals surface area contributed by atoms with Gasteiger partial charge in [0.15, 0.2) is 0 Å². The number of thioether (sulfide) groups is 1. The number of benzene rings is 1. The Kier molecular flexibility index (Phi) is 6.40. The van der Waals surface area contributed by atoms with E-state index in [1.807, 2.05) is 44.2 Å². The first kappa shape index (κ1) is 19.2. The van der Waals surface area contributed by atoms with Gasteiger partial charge in [-0.25, -0.2) is 0 Å². The van der Waals surface area contributed by atoms with E-state index in [0.717, 1.165) is 4.90 Å². The molecule has 0 saturated heterocycles. The summed E-state index contributed by atoms with van der Waals surface area (Å²) in [6.45, 7) is 8.24. The number of ether oxygens (including phenoxy) is 1. The maximum atomic E-state index is 12.4. The molecule has 2 rings (SSSR count). The van der Waals surface area contributed by atoms with Crippen molar-refractivity contribution in [2.75, 3.05) is 5.75 Å². The summed E-state index contributed by atoms with van der Waals surface area (Å²) in [5.74, 6) is 8.75. The summed E-state index contributed by atoms with van der Waals surface area (Å²) in [4.78, 5) is 13.6. The normalized spacial score (nSPS) is 21.1. The van der Waals surface area contributed by atoms with Crippen LogP contribution in [0.2, 0.25) is 0 Å². The molecule has 3 unspecified atom stereocenters. The predicted octanol–water partition coefficient (Wildman–Crippen LogP) is 4.57. The average molecular weight is 352 g/mol. The highest BCUT2D eigenvalue weighted by Crippen LogP contribution is 2.59. The fraction of sp³-hybridized carbons (Fsp3) is 0.409. The number of hydrogen-bond donors (Lipinski definition) is 0. The molecule has 1 aliphatic carbocycles. The van der Waals surface area contributed by atoms with Gasteiger partial charge in [0.1, 0.15) is 0 Å². The maximum absolute atomic E-state index is 12.4. The van der Waals surface area contributed by atoms with Crippen molar-refractivity contribution in [3.63, 3.8) is 0 Å². The van der Waals surface area contributed by atoms with Crippen LogP contribution in [0.4, 0.5) is 0 Å². The van der Waals surface area contributed by atoms with E-state index in [9.17, 15) is 4.79 Å².